The molecule has 0 radical (unpaired) electrons. The molecule has 0 saturated heterocycles. The number of nitrogens with two attached hydrogens (primary N) is 2. The minimum atomic E-state index is -3.85. The van der Waals surface area contributed by atoms with Gasteiger partial charge in [-0.05, 0) is 13.8 Å². The molecule has 0 saturated carbocycles. The van der Waals surface area contributed by atoms with Gasteiger partial charge in [0, 0.05) is 12.2 Å². The number of anilines is 2. The van der Waals surface area contributed by atoms with Crippen LogP contribution in [0.5, 0.6) is 0 Å². The molecule has 0 bridgehead atoms. The summed E-state index contributed by atoms with van der Waals surface area (Å²) in [4.78, 5) is 51.4. The van der Waals surface area contributed by atoms with Gasteiger partial charge in [-0.1, -0.05) is 0 Å². The molecule has 4 rings (SSSR count). The number of carbonyl (C=O) groups excluding carboxylic acids is 2. The van der Waals surface area contributed by atoms with Crippen molar-refractivity contribution >= 4 is 44.1 Å². The minimum absolute atomic E-state index is 0. The van der Waals surface area contributed by atoms with Crippen molar-refractivity contribution in [2.75, 3.05) is 11.5 Å². The van der Waals surface area contributed by atoms with Gasteiger partial charge in [0.05, 0.1) is 12.4 Å². The summed E-state index contributed by atoms with van der Waals surface area (Å²) in [5.41, 5.74) is 8.61. The topological polar surface area (TPSA) is 320 Å². The lowest BCUT2D eigenvalue weighted by atomic mass is 10.5. The molecule has 23 heteroatoms. The second-order valence-corrected chi connectivity index (χ2v) is 8.98. The van der Waals surface area contributed by atoms with Gasteiger partial charge in [0.25, 0.3) is 11.8 Å². The highest BCUT2D eigenvalue weighted by atomic mass is 32.2. The van der Waals surface area contributed by atoms with Crippen molar-refractivity contribution < 1.29 is 49.0 Å². The van der Waals surface area contributed by atoms with Crippen LogP contribution in [0.15, 0.2) is 45.7 Å². The molecule has 0 aromatic carbocycles. The Morgan fingerprint density at radius 3 is 1.23 bits per heavy atom. The summed E-state index contributed by atoms with van der Waals surface area (Å²) in [5, 5.41) is 0. The van der Waals surface area contributed by atoms with Crippen LogP contribution < -0.4 is 32.3 Å². The number of amides is 2. The number of hydrogen-bond donors (Lipinski definition) is 6. The number of aromatic nitrogens is 4. The molecule has 0 atom stereocenters. The lowest BCUT2D eigenvalue weighted by molar-refractivity contribution is -0.116. The van der Waals surface area contributed by atoms with Gasteiger partial charge < -0.3 is 25.3 Å². The van der Waals surface area contributed by atoms with E-state index in [9.17, 15) is 44.8 Å². The monoisotopic (exact) mass is 602 g/mol. The number of nitrogens with one attached hydrogen (secondary N) is 4. The molecule has 0 spiro atoms. The maximum atomic E-state index is 12.1. The summed E-state index contributed by atoms with van der Waals surface area (Å²) >= 11 is 0. The Labute approximate surface area is 216 Å². The average Bonchev–Trinajstić information content (AvgIpc) is 2.72. The molecule has 0 aliphatic carbocycles. The lowest BCUT2D eigenvalue weighted by Gasteiger charge is -2.10. The van der Waals surface area contributed by atoms with Crippen molar-refractivity contribution in [3.05, 3.63) is 68.7 Å². The highest BCUT2D eigenvalue weighted by Gasteiger charge is 2.21. The van der Waals surface area contributed by atoms with E-state index >= 15 is 0 Å². The van der Waals surface area contributed by atoms with E-state index in [0.717, 1.165) is 24.5 Å². The average molecular weight is 603 g/mol. The normalized spacial score (nSPS) is 15.9. The zero-order valence-electron chi connectivity index (χ0n) is 19.5. The van der Waals surface area contributed by atoms with E-state index in [1.807, 2.05) is 9.97 Å². The summed E-state index contributed by atoms with van der Waals surface area (Å²) in [6.45, 7) is 2.77. The summed E-state index contributed by atoms with van der Waals surface area (Å²) < 4.78 is 77.9. The van der Waals surface area contributed by atoms with E-state index in [0.29, 0.717) is 0 Å². The molecule has 2 aromatic rings. The number of allylic oxidation sites excluding steroid dienone is 2. The number of carbonyl (C=O) groups is 2. The lowest BCUT2D eigenvalue weighted by Crippen LogP contribution is -2.34. The molecule has 2 aliphatic rings. The Kier molecular flexibility index (Phi) is 12.4. The number of nitrogens with zero attached hydrogens (tertiary/aromatic N) is 2. The van der Waals surface area contributed by atoms with Crippen LogP contribution in [0.4, 0.5) is 20.4 Å². The molecule has 216 valence electrons. The number of H-pyrrole nitrogens is 2. The van der Waals surface area contributed by atoms with E-state index in [4.69, 9.17) is 11.5 Å². The van der Waals surface area contributed by atoms with Crippen LogP contribution in [0.1, 0.15) is 13.8 Å². The van der Waals surface area contributed by atoms with Gasteiger partial charge in [0.2, 0.25) is 0 Å². The van der Waals surface area contributed by atoms with Gasteiger partial charge in [0.15, 0.2) is 11.6 Å². The predicted molar refractivity (Wildman–Crippen MR) is 126 cm³/mol. The second-order valence-electron chi connectivity index (χ2n) is 6.42. The van der Waals surface area contributed by atoms with Gasteiger partial charge in [0.1, 0.15) is 23.2 Å². The quantitative estimate of drug-likeness (QED) is 0.172. The van der Waals surface area contributed by atoms with Crippen LogP contribution in [-0.4, -0.2) is 54.1 Å². The molecule has 2 amide bonds. The van der Waals surface area contributed by atoms with E-state index < -0.39 is 55.4 Å². The molecule has 19 nitrogen and oxygen atoms in total. The summed E-state index contributed by atoms with van der Waals surface area (Å²) in [6.07, 6.45) is 3.66. The first-order valence-corrected chi connectivity index (χ1v) is 12.1. The first kappa shape index (κ1) is 34.1. The van der Waals surface area contributed by atoms with Crippen LogP contribution >= 0.6 is 0 Å². The zero-order valence-corrected chi connectivity index (χ0v) is 21.1. The second kappa shape index (κ2) is 14.1. The molecule has 0 unspecified atom stereocenters. The molecular weight excluding hydrogens is 582 g/mol. The minimum Gasteiger partial charge on any atom is -0.412 e. The van der Waals surface area contributed by atoms with E-state index in [2.05, 4.69) is 18.3 Å². The predicted octanol–water partition coefficient (Wildman–Crippen LogP) is -3.28. The zero-order chi connectivity index (χ0) is 29.3. The van der Waals surface area contributed by atoms with E-state index in [1.54, 1.807) is 9.44 Å². The van der Waals surface area contributed by atoms with Gasteiger partial charge in [-0.3, -0.25) is 19.6 Å². The third-order valence-corrected chi connectivity index (χ3v) is 5.06. The first-order chi connectivity index (χ1) is 17.4. The Hall–Kier alpha value is -4.90. The number of nitrogen functional groups attached to an aromatic ring is 2. The summed E-state index contributed by atoms with van der Waals surface area (Å²) in [6, 6.07) is 0. The van der Waals surface area contributed by atoms with Crippen LogP contribution in [0.3, 0.4) is 0 Å². The first-order valence-electron chi connectivity index (χ1n) is 9.28. The maximum absolute atomic E-state index is 12.1. The van der Waals surface area contributed by atoms with Crippen molar-refractivity contribution in [1.82, 2.24) is 29.4 Å². The largest absolute Gasteiger partial charge is 0.412 e. The van der Waals surface area contributed by atoms with Gasteiger partial charge in [-0.15, -0.1) is 0 Å². The molecule has 2 aromatic heterocycles. The highest BCUT2D eigenvalue weighted by Crippen LogP contribution is 2.06. The summed E-state index contributed by atoms with van der Waals surface area (Å²) in [7, 11) is -7.70. The Balaban J connectivity index is 0.000000490. The van der Waals surface area contributed by atoms with Crippen molar-refractivity contribution in [1.29, 1.82) is 0 Å². The third kappa shape index (κ3) is 13.3. The number of halogens is 2. The van der Waals surface area contributed by atoms with Crippen molar-refractivity contribution in [3.63, 3.8) is 0 Å². The van der Waals surface area contributed by atoms with Crippen LogP contribution in [0.2, 0.25) is 0 Å². The molecular formula is C16H20F2N8O11S2. The van der Waals surface area contributed by atoms with E-state index in [1.165, 1.54) is 13.8 Å². The van der Waals surface area contributed by atoms with Gasteiger partial charge >= 0.3 is 32.0 Å². The molecule has 2 aliphatic heterocycles. The molecule has 39 heavy (non-hydrogen) atoms. The maximum Gasteiger partial charge on any atom is 0.409 e. The number of aromatic amines is 2. The Morgan fingerprint density at radius 1 is 0.718 bits per heavy atom. The molecule has 0 fully saturated rings. The number of rotatable bonds is 0. The Morgan fingerprint density at radius 2 is 1.03 bits per heavy atom. The van der Waals surface area contributed by atoms with Crippen molar-refractivity contribution in [2.24, 2.45) is 0 Å². The van der Waals surface area contributed by atoms with Gasteiger partial charge in [-0.25, -0.2) is 27.8 Å². The fourth-order valence-electron chi connectivity index (χ4n) is 1.89. The Bertz CT molecular complexity index is 1480. The molecule has 10 N–H and O–H groups in total. The van der Waals surface area contributed by atoms with Gasteiger partial charge in [-0.2, -0.15) is 26.8 Å². The summed E-state index contributed by atoms with van der Waals surface area (Å²) in [5.74, 6) is -3.20. The van der Waals surface area contributed by atoms with Crippen LogP contribution in [0.25, 0.3) is 0 Å². The fraction of sp³-hybridized carbons (Fsp3) is 0.125. The molecule has 4 heterocycles. The SMILES string of the molecule is CC1=CC(=O)NS(=O)(=O)O1.CC1=CC(=O)NS(=O)(=O)O1.Nc1[nH]c(=O)ncc1F.Nc1[nH]c(=O)ncc1F.O. The highest BCUT2D eigenvalue weighted by molar-refractivity contribution is 7.85. The third-order valence-electron chi connectivity index (χ3n) is 3.19. The van der Waals surface area contributed by atoms with Crippen molar-refractivity contribution in [3.8, 4) is 0 Å². The smallest absolute Gasteiger partial charge is 0.409 e. The van der Waals surface area contributed by atoms with Crippen LogP contribution in [0, 0.1) is 11.6 Å². The van der Waals surface area contributed by atoms with Crippen molar-refractivity contribution in [2.45, 2.75) is 13.8 Å². The van der Waals surface area contributed by atoms with Crippen LogP contribution in [-0.2, 0) is 38.6 Å². The number of hydrogen-bond acceptors (Lipinski definition) is 14. The van der Waals surface area contributed by atoms with E-state index in [-0.39, 0.29) is 28.6 Å². The standard InChI is InChI=1S/2C4H4FN3O.2C4H5NO4S.H2O/c2*5-2-1-7-4(9)8-3(2)6;2*1-3-2-4(6)5-10(7,8)9-3;/h2*1H,(H3,6,7,8,9);2*2H,1H3,(H,5,6);1H2. The fourth-order valence-corrected chi connectivity index (χ4v) is 3.38.